The molecule has 1 aliphatic carbocycles. The van der Waals surface area contributed by atoms with E-state index in [1.54, 1.807) is 4.90 Å². The lowest BCUT2D eigenvalue weighted by atomic mass is 9.76. The molecule has 1 saturated heterocycles. The van der Waals surface area contributed by atoms with E-state index in [4.69, 9.17) is 14.6 Å². The van der Waals surface area contributed by atoms with Crippen molar-refractivity contribution in [3.8, 4) is 11.4 Å². The minimum absolute atomic E-state index is 0.0808. The number of carbonyl (C=O) groups is 2. The molecule has 10 nitrogen and oxygen atoms in total. The van der Waals surface area contributed by atoms with Crippen molar-refractivity contribution in [2.24, 2.45) is 5.41 Å². The van der Waals surface area contributed by atoms with Gasteiger partial charge in [-0.1, -0.05) is 59.2 Å². The van der Waals surface area contributed by atoms with Crippen LogP contribution < -0.4 is 0 Å². The van der Waals surface area contributed by atoms with Crippen molar-refractivity contribution in [2.75, 3.05) is 32.8 Å². The fraction of sp³-hybridized carbons (Fsp3) is 0.639. The van der Waals surface area contributed by atoms with Crippen LogP contribution in [0.3, 0.4) is 0 Å². The fourth-order valence-electron chi connectivity index (χ4n) is 6.70. The highest BCUT2D eigenvalue weighted by molar-refractivity contribution is 6.76. The molecule has 1 atom stereocenters. The number of piperazine rings is 1. The number of rotatable bonds is 12. The van der Waals surface area contributed by atoms with Crippen molar-refractivity contribution in [3.05, 3.63) is 41.1 Å². The Balaban J connectivity index is 1.52. The second-order valence-electron chi connectivity index (χ2n) is 17.1. The molecule has 5 rings (SSSR count). The summed E-state index contributed by atoms with van der Waals surface area (Å²) in [5.74, 6) is -0.0808. The first-order valence-corrected chi connectivity index (χ1v) is 25.0. The molecule has 0 spiro atoms. The van der Waals surface area contributed by atoms with Crippen LogP contribution in [0.2, 0.25) is 51.4 Å². The largest absolute Gasteiger partial charge is 0.465 e. The van der Waals surface area contributed by atoms with Crippen molar-refractivity contribution in [1.29, 1.82) is 0 Å². The summed E-state index contributed by atoms with van der Waals surface area (Å²) >= 11 is 0. The van der Waals surface area contributed by atoms with Gasteiger partial charge in [0, 0.05) is 77.2 Å². The number of amides is 2. The third-order valence-corrected chi connectivity index (χ3v) is 13.3. The van der Waals surface area contributed by atoms with E-state index in [0.29, 0.717) is 45.3 Å². The molecule has 3 heterocycles. The summed E-state index contributed by atoms with van der Waals surface area (Å²) in [7, 11) is -2.49. The first kappa shape index (κ1) is 36.3. The Kier molecular flexibility index (Phi) is 10.7. The normalized spacial score (nSPS) is 18.4. The van der Waals surface area contributed by atoms with Gasteiger partial charge in [-0.05, 0) is 61.9 Å². The first-order valence-electron chi connectivity index (χ1n) is 17.6. The van der Waals surface area contributed by atoms with E-state index >= 15 is 0 Å². The Morgan fingerprint density at radius 1 is 0.979 bits per heavy atom. The molecule has 12 heteroatoms. The minimum atomic E-state index is -1.28. The molecule has 1 fully saturated rings. The summed E-state index contributed by atoms with van der Waals surface area (Å²) in [4.78, 5) is 28.5. The molecular formula is C36H57N5O5Si2. The molecule has 0 saturated carbocycles. The summed E-state index contributed by atoms with van der Waals surface area (Å²) in [6.45, 7) is 24.0. The molecule has 2 aromatic heterocycles. The standard InChI is InChI=1S/C36H57N5O5Si2/c1-26-23-38(35(43)44)14-15-39(26)34(42)28-11-10-27-20-31(40(30(27)21-28)24-45-16-18-47(4,5)6)33-29-12-13-36(2,3)22-32(29)41(37-33)25-46-17-19-48(7,8)9/h10-11,20-21,26H,12-19,22-25H2,1-9H3,(H,43,44)/t26-/m0/s1. The lowest BCUT2D eigenvalue weighted by molar-refractivity contribution is 0.0484. The molecule has 264 valence electrons. The van der Waals surface area contributed by atoms with Crippen LogP contribution in [0.5, 0.6) is 0 Å². The third kappa shape index (κ3) is 8.61. The summed E-state index contributed by atoms with van der Waals surface area (Å²) < 4.78 is 16.9. The molecule has 0 bridgehead atoms. The van der Waals surface area contributed by atoms with E-state index in [2.05, 4.69) is 68.4 Å². The predicted molar refractivity (Wildman–Crippen MR) is 197 cm³/mol. The maximum absolute atomic E-state index is 13.8. The average Bonchev–Trinajstić information content (AvgIpc) is 3.52. The van der Waals surface area contributed by atoms with Gasteiger partial charge in [0.2, 0.25) is 0 Å². The van der Waals surface area contributed by atoms with Crippen LogP contribution in [-0.2, 0) is 35.8 Å². The molecule has 2 aliphatic rings. The van der Waals surface area contributed by atoms with Crippen molar-refractivity contribution in [2.45, 2.75) is 111 Å². The monoisotopic (exact) mass is 695 g/mol. The highest BCUT2D eigenvalue weighted by Gasteiger charge is 2.34. The highest BCUT2D eigenvalue weighted by Crippen LogP contribution is 2.40. The Morgan fingerprint density at radius 3 is 2.27 bits per heavy atom. The Labute approximate surface area is 288 Å². The summed E-state index contributed by atoms with van der Waals surface area (Å²) in [5.41, 5.74) is 6.25. The smallest absolute Gasteiger partial charge is 0.407 e. The number of benzene rings is 1. The van der Waals surface area contributed by atoms with Crippen molar-refractivity contribution < 1.29 is 24.2 Å². The number of carboxylic acid groups (broad SMARTS) is 1. The summed E-state index contributed by atoms with van der Waals surface area (Å²) in [6.07, 6.45) is 2.05. The molecule has 0 unspecified atom stereocenters. The molecule has 3 aromatic rings. The van der Waals surface area contributed by atoms with Gasteiger partial charge in [-0.3, -0.25) is 4.79 Å². The lowest BCUT2D eigenvalue weighted by Gasteiger charge is -2.38. The topological polar surface area (TPSA) is 102 Å². The van der Waals surface area contributed by atoms with E-state index in [0.717, 1.165) is 60.2 Å². The number of aromatic nitrogens is 3. The van der Waals surface area contributed by atoms with Gasteiger partial charge in [-0.15, -0.1) is 0 Å². The zero-order valence-corrected chi connectivity index (χ0v) is 32.7. The van der Waals surface area contributed by atoms with Gasteiger partial charge in [0.05, 0.1) is 11.2 Å². The summed E-state index contributed by atoms with van der Waals surface area (Å²) in [6, 6.07) is 10.1. The minimum Gasteiger partial charge on any atom is -0.465 e. The van der Waals surface area contributed by atoms with Crippen LogP contribution in [0.25, 0.3) is 22.3 Å². The predicted octanol–water partition coefficient (Wildman–Crippen LogP) is 7.47. The van der Waals surface area contributed by atoms with E-state index in [9.17, 15) is 14.7 Å². The second kappa shape index (κ2) is 14.1. The fourth-order valence-corrected chi connectivity index (χ4v) is 8.21. The zero-order chi connectivity index (χ0) is 35.0. The Morgan fingerprint density at radius 2 is 1.65 bits per heavy atom. The van der Waals surface area contributed by atoms with Crippen LogP contribution in [0, 0.1) is 5.41 Å². The number of hydrogen-bond acceptors (Lipinski definition) is 5. The molecule has 48 heavy (non-hydrogen) atoms. The number of hydrogen-bond donors (Lipinski definition) is 1. The van der Waals surface area contributed by atoms with E-state index < -0.39 is 22.2 Å². The van der Waals surface area contributed by atoms with Crippen LogP contribution in [-0.4, -0.2) is 96.3 Å². The molecule has 1 N–H and O–H groups in total. The van der Waals surface area contributed by atoms with Crippen molar-refractivity contribution in [3.63, 3.8) is 0 Å². The van der Waals surface area contributed by atoms with Crippen LogP contribution in [0.15, 0.2) is 24.3 Å². The Hall–Kier alpha value is -2.94. The van der Waals surface area contributed by atoms with E-state index in [1.165, 1.54) is 16.2 Å². The quantitative estimate of drug-likeness (QED) is 0.156. The van der Waals surface area contributed by atoms with Crippen LogP contribution in [0.4, 0.5) is 4.79 Å². The number of fused-ring (bicyclic) bond motifs is 2. The maximum atomic E-state index is 13.8. The van der Waals surface area contributed by atoms with Gasteiger partial charge >= 0.3 is 6.09 Å². The SMILES string of the molecule is C[C@H]1CN(C(=O)O)CCN1C(=O)c1ccc2cc(-c3nn(COCC[Si](C)(C)C)c4c3CCC(C)(C)C4)n(COCC[Si](C)(C)C)c2c1. The van der Waals surface area contributed by atoms with Gasteiger partial charge in [-0.2, -0.15) is 5.10 Å². The maximum Gasteiger partial charge on any atom is 0.407 e. The average molecular weight is 696 g/mol. The number of carbonyl (C=O) groups excluding carboxylic acids is 1. The van der Waals surface area contributed by atoms with Gasteiger partial charge < -0.3 is 28.9 Å². The van der Waals surface area contributed by atoms with Gasteiger partial charge in [0.15, 0.2) is 0 Å². The van der Waals surface area contributed by atoms with Gasteiger partial charge in [0.1, 0.15) is 19.2 Å². The van der Waals surface area contributed by atoms with Crippen LogP contribution >= 0.6 is 0 Å². The Bertz CT molecular complexity index is 1630. The highest BCUT2D eigenvalue weighted by atomic mass is 28.3. The van der Waals surface area contributed by atoms with Crippen LogP contribution in [0.1, 0.15) is 48.8 Å². The number of ether oxygens (including phenoxy) is 2. The van der Waals surface area contributed by atoms with Gasteiger partial charge in [0.25, 0.3) is 5.91 Å². The molecule has 0 radical (unpaired) electrons. The molecule has 1 aliphatic heterocycles. The molecule has 2 amide bonds. The van der Waals surface area contributed by atoms with Crippen molar-refractivity contribution >= 4 is 39.1 Å². The van der Waals surface area contributed by atoms with E-state index in [-0.39, 0.29) is 17.4 Å². The zero-order valence-electron chi connectivity index (χ0n) is 30.7. The first-order chi connectivity index (χ1) is 22.4. The van der Waals surface area contributed by atoms with E-state index in [1.807, 2.05) is 25.1 Å². The summed E-state index contributed by atoms with van der Waals surface area (Å²) in [5, 5.41) is 15.7. The second-order valence-corrected chi connectivity index (χ2v) is 28.4. The van der Waals surface area contributed by atoms with Gasteiger partial charge in [-0.25, -0.2) is 9.48 Å². The lowest BCUT2D eigenvalue weighted by Crippen LogP contribution is -2.55. The number of nitrogens with zero attached hydrogens (tertiary/aromatic N) is 5. The van der Waals surface area contributed by atoms with Crippen molar-refractivity contribution in [1.82, 2.24) is 24.1 Å². The molecule has 1 aromatic carbocycles. The molecular weight excluding hydrogens is 639 g/mol. The third-order valence-electron chi connectivity index (χ3n) is 9.84.